The molecular weight excluding hydrogens is 478 g/mol. The average molecular weight is 548 g/mol. The lowest BCUT2D eigenvalue weighted by Gasteiger charge is -1.99. The van der Waals surface area contributed by atoms with Crippen LogP contribution in [0.3, 0.4) is 0 Å². The van der Waals surface area contributed by atoms with Gasteiger partial charge in [0.1, 0.15) is 6.29 Å². The Morgan fingerprint density at radius 1 is 0.538 bits per heavy atom. The topological polar surface area (TPSA) is 57.9 Å². The van der Waals surface area contributed by atoms with Gasteiger partial charge in [-0.2, -0.15) is 5.26 Å². The van der Waals surface area contributed by atoms with Crippen molar-refractivity contribution in [3.05, 3.63) is 12.2 Å². The van der Waals surface area contributed by atoms with Crippen molar-refractivity contribution in [2.45, 2.75) is 201 Å². The molecule has 0 aromatic heterocycles. The SMILES string of the molecule is CCCCCCCCC=CC(C)=O.CCCCCCCCCCCC#N.CCCCCCCCCCCC=O. The zero-order valence-electron chi connectivity index (χ0n) is 27.1. The van der Waals surface area contributed by atoms with E-state index in [1.54, 1.807) is 13.0 Å². The Morgan fingerprint density at radius 3 is 1.21 bits per heavy atom. The second kappa shape index (κ2) is 43.6. The summed E-state index contributed by atoms with van der Waals surface area (Å²) < 4.78 is 0. The Hall–Kier alpha value is -1.43. The fourth-order valence-electron chi connectivity index (χ4n) is 4.34. The van der Waals surface area contributed by atoms with Gasteiger partial charge in [0.05, 0.1) is 6.07 Å². The van der Waals surface area contributed by atoms with Crippen molar-refractivity contribution in [3.8, 4) is 6.07 Å². The Balaban J connectivity index is -0.000000498. The van der Waals surface area contributed by atoms with Crippen LogP contribution in [0.15, 0.2) is 12.2 Å². The van der Waals surface area contributed by atoms with Crippen LogP contribution in [0.25, 0.3) is 0 Å². The quantitative estimate of drug-likeness (QED) is 0.0583. The number of nitriles is 1. The van der Waals surface area contributed by atoms with E-state index in [1.807, 2.05) is 6.08 Å². The zero-order chi connectivity index (χ0) is 29.5. The average Bonchev–Trinajstić information content (AvgIpc) is 2.93. The van der Waals surface area contributed by atoms with Gasteiger partial charge in [0.15, 0.2) is 5.78 Å². The number of allylic oxidation sites excluding steroid dienone is 2. The highest BCUT2D eigenvalue weighted by Crippen LogP contribution is 2.11. The van der Waals surface area contributed by atoms with E-state index in [2.05, 4.69) is 26.8 Å². The van der Waals surface area contributed by atoms with E-state index < -0.39 is 0 Å². The summed E-state index contributed by atoms with van der Waals surface area (Å²) in [4.78, 5) is 20.5. The lowest BCUT2D eigenvalue weighted by molar-refractivity contribution is -0.112. The van der Waals surface area contributed by atoms with Crippen molar-refractivity contribution >= 4 is 12.1 Å². The maximum atomic E-state index is 10.5. The maximum Gasteiger partial charge on any atom is 0.152 e. The highest BCUT2D eigenvalue weighted by atomic mass is 16.1. The minimum atomic E-state index is 0.158. The molecule has 0 aliphatic rings. The molecule has 0 amide bonds. The smallest absolute Gasteiger partial charge is 0.152 e. The van der Waals surface area contributed by atoms with E-state index in [-0.39, 0.29) is 5.78 Å². The number of rotatable bonds is 27. The summed E-state index contributed by atoms with van der Waals surface area (Å²) in [6, 6.07) is 2.19. The van der Waals surface area contributed by atoms with E-state index in [0.29, 0.717) is 0 Å². The van der Waals surface area contributed by atoms with Gasteiger partial charge in [0, 0.05) is 12.8 Å². The van der Waals surface area contributed by atoms with Gasteiger partial charge in [0.25, 0.3) is 0 Å². The molecular formula is C36H69NO2. The molecule has 0 spiro atoms. The second-order valence-corrected chi connectivity index (χ2v) is 11.1. The molecule has 0 fully saturated rings. The number of hydrogen-bond donors (Lipinski definition) is 0. The Morgan fingerprint density at radius 2 is 0.872 bits per heavy atom. The van der Waals surface area contributed by atoms with Crippen molar-refractivity contribution < 1.29 is 9.59 Å². The molecule has 0 aliphatic carbocycles. The van der Waals surface area contributed by atoms with Crippen molar-refractivity contribution in [2.24, 2.45) is 0 Å². The summed E-state index contributed by atoms with van der Waals surface area (Å²) in [6.45, 7) is 8.33. The molecule has 0 bridgehead atoms. The van der Waals surface area contributed by atoms with Gasteiger partial charge in [-0.05, 0) is 38.7 Å². The van der Waals surface area contributed by atoms with E-state index >= 15 is 0 Å². The highest BCUT2D eigenvalue weighted by Gasteiger charge is 1.92. The molecule has 39 heavy (non-hydrogen) atoms. The first-order valence-electron chi connectivity index (χ1n) is 17.1. The predicted octanol–water partition coefficient (Wildman–Crippen LogP) is 12.4. The molecule has 0 atom stereocenters. The number of unbranched alkanes of at least 4 members (excludes halogenated alkanes) is 24. The van der Waals surface area contributed by atoms with Crippen LogP contribution < -0.4 is 0 Å². The summed E-state index contributed by atoms with van der Waals surface area (Å²) in [5, 5.41) is 8.32. The normalized spacial score (nSPS) is 10.3. The number of nitrogens with zero attached hydrogens (tertiary/aromatic N) is 1. The molecule has 0 aliphatic heterocycles. The van der Waals surface area contributed by atoms with E-state index in [1.165, 1.54) is 141 Å². The van der Waals surface area contributed by atoms with Crippen molar-refractivity contribution in [1.82, 2.24) is 0 Å². The monoisotopic (exact) mass is 548 g/mol. The minimum absolute atomic E-state index is 0.158. The van der Waals surface area contributed by atoms with Crippen molar-refractivity contribution in [1.29, 1.82) is 5.26 Å². The molecule has 0 N–H and O–H groups in total. The predicted molar refractivity (Wildman–Crippen MR) is 173 cm³/mol. The molecule has 3 heteroatoms. The fraction of sp³-hybridized carbons (Fsp3) is 0.861. The van der Waals surface area contributed by atoms with Crippen LogP contribution in [0.2, 0.25) is 0 Å². The number of hydrogen-bond acceptors (Lipinski definition) is 3. The van der Waals surface area contributed by atoms with E-state index in [0.717, 1.165) is 38.4 Å². The summed E-state index contributed by atoms with van der Waals surface area (Å²) in [7, 11) is 0. The van der Waals surface area contributed by atoms with Crippen molar-refractivity contribution in [3.63, 3.8) is 0 Å². The van der Waals surface area contributed by atoms with Crippen LogP contribution in [0.1, 0.15) is 201 Å². The number of ketones is 1. The molecule has 0 heterocycles. The molecule has 3 nitrogen and oxygen atoms in total. The van der Waals surface area contributed by atoms with E-state index in [9.17, 15) is 9.59 Å². The molecule has 0 aromatic rings. The third-order valence-corrected chi connectivity index (χ3v) is 6.89. The highest BCUT2D eigenvalue weighted by molar-refractivity contribution is 5.87. The van der Waals surface area contributed by atoms with Gasteiger partial charge in [-0.25, -0.2) is 0 Å². The first-order valence-corrected chi connectivity index (χ1v) is 17.1. The molecule has 0 unspecified atom stereocenters. The Kier molecular flexibility index (Phi) is 47.0. The van der Waals surface area contributed by atoms with Crippen molar-refractivity contribution in [2.75, 3.05) is 0 Å². The van der Waals surface area contributed by atoms with Gasteiger partial charge in [0.2, 0.25) is 0 Å². The number of aldehydes is 1. The van der Waals surface area contributed by atoms with Crippen LogP contribution in [-0.2, 0) is 9.59 Å². The molecule has 0 saturated carbocycles. The van der Waals surface area contributed by atoms with Gasteiger partial charge >= 0.3 is 0 Å². The first kappa shape index (κ1) is 42.0. The van der Waals surface area contributed by atoms with Crippen LogP contribution in [0.5, 0.6) is 0 Å². The molecule has 0 aromatic carbocycles. The largest absolute Gasteiger partial charge is 0.303 e. The van der Waals surface area contributed by atoms with Gasteiger partial charge in [-0.3, -0.25) is 4.79 Å². The summed E-state index contributed by atoms with van der Waals surface area (Å²) in [5.41, 5.74) is 0. The fourth-order valence-corrected chi connectivity index (χ4v) is 4.34. The standard InChI is InChI=1S/C12H23N.C12H22O.C12H24O/c1-2-3-4-5-6-7-8-9-10-11-12-13;1-3-4-5-6-7-8-9-10-11-12(2)13;1-2-3-4-5-6-7-8-9-10-11-12-13/h2-11H2,1H3;10-11H,3-9H2,1-2H3;12H,2-11H2,1H3. The van der Waals surface area contributed by atoms with Crippen LogP contribution in [-0.4, -0.2) is 12.1 Å². The summed E-state index contributed by atoms with van der Waals surface area (Å²) >= 11 is 0. The lowest BCUT2D eigenvalue weighted by atomic mass is 10.1. The maximum absolute atomic E-state index is 10.5. The van der Waals surface area contributed by atoms with Gasteiger partial charge < -0.3 is 4.79 Å². The summed E-state index contributed by atoms with van der Waals surface area (Å²) in [6.07, 6.45) is 39.1. The summed E-state index contributed by atoms with van der Waals surface area (Å²) in [5.74, 6) is 0.158. The third-order valence-electron chi connectivity index (χ3n) is 6.89. The minimum Gasteiger partial charge on any atom is -0.303 e. The van der Waals surface area contributed by atoms with Gasteiger partial charge in [-0.1, -0.05) is 162 Å². The van der Waals surface area contributed by atoms with Crippen LogP contribution in [0, 0.1) is 11.3 Å². The number of carbonyl (C=O) groups is 2. The van der Waals surface area contributed by atoms with E-state index in [4.69, 9.17) is 5.26 Å². The second-order valence-electron chi connectivity index (χ2n) is 11.1. The third kappa shape index (κ3) is 53.5. The van der Waals surface area contributed by atoms with Crippen LogP contribution in [0.4, 0.5) is 0 Å². The Bertz CT molecular complexity index is 521. The lowest BCUT2D eigenvalue weighted by Crippen LogP contribution is -1.81. The zero-order valence-corrected chi connectivity index (χ0v) is 27.1. The Labute approximate surface area is 246 Å². The van der Waals surface area contributed by atoms with Gasteiger partial charge in [-0.15, -0.1) is 0 Å². The molecule has 0 rings (SSSR count). The van der Waals surface area contributed by atoms with Crippen LogP contribution >= 0.6 is 0 Å². The molecule has 230 valence electrons. The number of carbonyl (C=O) groups excluding carboxylic acids is 2. The first-order chi connectivity index (χ1) is 19.1. The molecule has 0 saturated heterocycles. The molecule has 0 radical (unpaired) electrons.